The summed E-state index contributed by atoms with van der Waals surface area (Å²) < 4.78 is 1.92. The quantitative estimate of drug-likeness (QED) is 0.575. The van der Waals surface area contributed by atoms with Gasteiger partial charge in [-0.1, -0.05) is 24.3 Å². The molecule has 2 aromatic heterocycles. The van der Waals surface area contributed by atoms with E-state index in [1.165, 1.54) is 18.4 Å². The Labute approximate surface area is 139 Å². The average molecular weight is 315 g/mol. The first kappa shape index (κ1) is 13.5. The smallest absolute Gasteiger partial charge is 0.257 e. The van der Waals surface area contributed by atoms with Crippen molar-refractivity contribution in [3.8, 4) is 0 Å². The molecule has 1 saturated carbocycles. The summed E-state index contributed by atoms with van der Waals surface area (Å²) in [6.45, 7) is 0. The fraction of sp³-hybridized carbons (Fsp3) is 0.211. The highest BCUT2D eigenvalue weighted by molar-refractivity contribution is 5.93. The summed E-state index contributed by atoms with van der Waals surface area (Å²) in [6.07, 6.45) is 4.32. The summed E-state index contributed by atoms with van der Waals surface area (Å²) in [6, 6.07) is 17.0. The molecule has 1 fully saturated rings. The standard InChI is InChI=1S/C19H17N5/c1-23(15-6-4-5-14(11-15)13-9-10-13)18-16-7-2-3-8-17(16)24-12-20-22-19(24)21-18/h2-8,11-13H,9-10H2,1H3. The van der Waals surface area contributed by atoms with Gasteiger partial charge in [0.25, 0.3) is 5.78 Å². The zero-order valence-corrected chi connectivity index (χ0v) is 13.4. The Balaban J connectivity index is 1.70. The van der Waals surface area contributed by atoms with Crippen LogP contribution in [-0.2, 0) is 0 Å². The molecular weight excluding hydrogens is 298 g/mol. The van der Waals surface area contributed by atoms with Gasteiger partial charge >= 0.3 is 0 Å². The second-order valence-corrected chi connectivity index (χ2v) is 6.38. The topological polar surface area (TPSA) is 46.3 Å². The van der Waals surface area contributed by atoms with Gasteiger partial charge in [-0.25, -0.2) is 0 Å². The second-order valence-electron chi connectivity index (χ2n) is 6.38. The van der Waals surface area contributed by atoms with Gasteiger partial charge in [0.05, 0.1) is 5.52 Å². The number of anilines is 2. The lowest BCUT2D eigenvalue weighted by atomic mass is 10.1. The van der Waals surface area contributed by atoms with E-state index in [1.54, 1.807) is 6.33 Å². The molecule has 0 atom stereocenters. The molecule has 24 heavy (non-hydrogen) atoms. The molecule has 0 unspecified atom stereocenters. The molecule has 5 nitrogen and oxygen atoms in total. The average Bonchev–Trinajstić information content (AvgIpc) is 3.38. The molecule has 2 aromatic carbocycles. The molecule has 118 valence electrons. The number of para-hydroxylation sites is 1. The molecule has 5 rings (SSSR count). The fourth-order valence-corrected chi connectivity index (χ4v) is 3.28. The van der Waals surface area contributed by atoms with Crippen LogP contribution >= 0.6 is 0 Å². The van der Waals surface area contributed by atoms with Crippen LogP contribution in [0.1, 0.15) is 24.3 Å². The van der Waals surface area contributed by atoms with Crippen LogP contribution in [0.4, 0.5) is 11.5 Å². The van der Waals surface area contributed by atoms with E-state index in [-0.39, 0.29) is 0 Å². The largest absolute Gasteiger partial charge is 0.329 e. The van der Waals surface area contributed by atoms with Crippen molar-refractivity contribution in [3.63, 3.8) is 0 Å². The van der Waals surface area contributed by atoms with E-state index >= 15 is 0 Å². The Hall–Kier alpha value is -2.95. The summed E-state index contributed by atoms with van der Waals surface area (Å²) in [5.74, 6) is 2.26. The van der Waals surface area contributed by atoms with Gasteiger partial charge in [-0.2, -0.15) is 4.98 Å². The highest BCUT2D eigenvalue weighted by Crippen LogP contribution is 2.41. The molecule has 0 spiro atoms. The van der Waals surface area contributed by atoms with Crippen molar-refractivity contribution in [2.45, 2.75) is 18.8 Å². The van der Waals surface area contributed by atoms with E-state index in [4.69, 9.17) is 4.98 Å². The molecule has 0 N–H and O–H groups in total. The van der Waals surface area contributed by atoms with Gasteiger partial charge in [0.1, 0.15) is 12.1 Å². The molecule has 1 aliphatic carbocycles. The summed E-state index contributed by atoms with van der Waals surface area (Å²) in [5, 5.41) is 9.23. The molecular formula is C19H17N5. The van der Waals surface area contributed by atoms with Gasteiger partial charge in [-0.05, 0) is 48.6 Å². The van der Waals surface area contributed by atoms with Crippen LogP contribution < -0.4 is 4.90 Å². The predicted molar refractivity (Wildman–Crippen MR) is 94.8 cm³/mol. The molecule has 0 radical (unpaired) electrons. The Morgan fingerprint density at radius 2 is 1.96 bits per heavy atom. The summed E-state index contributed by atoms with van der Waals surface area (Å²) in [7, 11) is 2.06. The summed E-state index contributed by atoms with van der Waals surface area (Å²) in [4.78, 5) is 6.89. The predicted octanol–water partition coefficient (Wildman–Crippen LogP) is 3.92. The van der Waals surface area contributed by atoms with Crippen LogP contribution in [0.25, 0.3) is 16.7 Å². The maximum Gasteiger partial charge on any atom is 0.257 e. The van der Waals surface area contributed by atoms with Gasteiger partial charge in [0, 0.05) is 18.1 Å². The van der Waals surface area contributed by atoms with Gasteiger partial charge in [0.15, 0.2) is 0 Å². The number of rotatable bonds is 3. The Morgan fingerprint density at radius 3 is 2.83 bits per heavy atom. The third kappa shape index (κ3) is 2.05. The van der Waals surface area contributed by atoms with Crippen molar-refractivity contribution in [2.24, 2.45) is 0 Å². The molecule has 0 bridgehead atoms. The Kier molecular flexibility index (Phi) is 2.82. The van der Waals surface area contributed by atoms with Crippen LogP contribution in [0.15, 0.2) is 54.9 Å². The monoisotopic (exact) mass is 315 g/mol. The maximum absolute atomic E-state index is 4.75. The highest BCUT2D eigenvalue weighted by Gasteiger charge is 2.24. The molecule has 2 heterocycles. The summed E-state index contributed by atoms with van der Waals surface area (Å²) >= 11 is 0. The maximum atomic E-state index is 4.75. The van der Waals surface area contributed by atoms with E-state index in [1.807, 2.05) is 16.5 Å². The van der Waals surface area contributed by atoms with E-state index in [0.717, 1.165) is 28.3 Å². The third-order valence-electron chi connectivity index (χ3n) is 4.76. The SMILES string of the molecule is CN(c1cccc(C2CC2)c1)c1nc2nncn2c2ccccc12. The van der Waals surface area contributed by atoms with Crippen molar-refractivity contribution in [1.29, 1.82) is 0 Å². The normalized spacial score (nSPS) is 14.4. The van der Waals surface area contributed by atoms with E-state index in [2.05, 4.69) is 58.5 Å². The minimum Gasteiger partial charge on any atom is -0.329 e. The van der Waals surface area contributed by atoms with Crippen LogP contribution in [0.5, 0.6) is 0 Å². The third-order valence-corrected chi connectivity index (χ3v) is 4.76. The lowest BCUT2D eigenvalue weighted by Crippen LogP contribution is -2.13. The van der Waals surface area contributed by atoms with E-state index in [0.29, 0.717) is 5.78 Å². The van der Waals surface area contributed by atoms with Crippen LogP contribution in [0.2, 0.25) is 0 Å². The minimum absolute atomic E-state index is 0.619. The molecule has 0 saturated heterocycles. The van der Waals surface area contributed by atoms with Crippen molar-refractivity contribution >= 4 is 28.2 Å². The van der Waals surface area contributed by atoms with Crippen LogP contribution in [-0.4, -0.2) is 26.6 Å². The number of benzene rings is 2. The fourth-order valence-electron chi connectivity index (χ4n) is 3.28. The van der Waals surface area contributed by atoms with Crippen molar-refractivity contribution in [2.75, 3.05) is 11.9 Å². The highest BCUT2D eigenvalue weighted by atomic mass is 15.3. The number of hydrogen-bond donors (Lipinski definition) is 0. The Morgan fingerprint density at radius 1 is 1.08 bits per heavy atom. The number of hydrogen-bond acceptors (Lipinski definition) is 4. The van der Waals surface area contributed by atoms with Crippen LogP contribution in [0, 0.1) is 0 Å². The van der Waals surface area contributed by atoms with Crippen molar-refractivity contribution in [3.05, 3.63) is 60.4 Å². The van der Waals surface area contributed by atoms with E-state index in [9.17, 15) is 0 Å². The van der Waals surface area contributed by atoms with Gasteiger partial charge in [-0.15, -0.1) is 10.2 Å². The first-order chi connectivity index (χ1) is 11.8. The van der Waals surface area contributed by atoms with Gasteiger partial charge < -0.3 is 4.90 Å². The zero-order chi connectivity index (χ0) is 16.1. The number of aromatic nitrogens is 4. The molecule has 1 aliphatic rings. The Bertz CT molecular complexity index is 1050. The lowest BCUT2D eigenvalue weighted by Gasteiger charge is -2.21. The van der Waals surface area contributed by atoms with Gasteiger partial charge in [-0.3, -0.25) is 4.40 Å². The van der Waals surface area contributed by atoms with Crippen molar-refractivity contribution < 1.29 is 0 Å². The molecule has 0 amide bonds. The lowest BCUT2D eigenvalue weighted by molar-refractivity contribution is 1.07. The first-order valence-electron chi connectivity index (χ1n) is 8.23. The first-order valence-corrected chi connectivity index (χ1v) is 8.23. The zero-order valence-electron chi connectivity index (χ0n) is 13.4. The van der Waals surface area contributed by atoms with Crippen LogP contribution in [0.3, 0.4) is 0 Å². The molecule has 5 heteroatoms. The number of nitrogens with zero attached hydrogens (tertiary/aromatic N) is 5. The summed E-state index contributed by atoms with van der Waals surface area (Å²) in [5.41, 5.74) is 3.64. The van der Waals surface area contributed by atoms with E-state index < -0.39 is 0 Å². The number of fused-ring (bicyclic) bond motifs is 3. The molecule has 4 aromatic rings. The molecule has 0 aliphatic heterocycles. The minimum atomic E-state index is 0.619. The second kappa shape index (κ2) is 5.03. The van der Waals surface area contributed by atoms with Gasteiger partial charge in [0.2, 0.25) is 0 Å². The van der Waals surface area contributed by atoms with Crippen molar-refractivity contribution in [1.82, 2.24) is 19.6 Å².